The molecule has 0 unspecified atom stereocenters. The number of halogens is 3. The quantitative estimate of drug-likeness (QED) is 0.448. The first kappa shape index (κ1) is 19.6. The number of benzene rings is 1. The number of nitrogens with one attached hydrogen (secondary N) is 2. The molecule has 0 saturated carbocycles. The van der Waals surface area contributed by atoms with Gasteiger partial charge in [0.1, 0.15) is 0 Å². The largest absolute Gasteiger partial charge is 0.416 e. The minimum Gasteiger partial charge on any atom is -0.356 e. The van der Waals surface area contributed by atoms with E-state index in [4.69, 9.17) is 0 Å². The number of hydrogen-bond acceptors (Lipinski definition) is 2. The van der Waals surface area contributed by atoms with Crippen molar-refractivity contribution in [2.24, 2.45) is 4.99 Å². The van der Waals surface area contributed by atoms with Gasteiger partial charge in [-0.3, -0.25) is 4.99 Å². The van der Waals surface area contributed by atoms with Crippen LogP contribution in [-0.2, 0) is 12.7 Å². The number of rotatable bonds is 7. The molecule has 0 aromatic heterocycles. The molecule has 0 radical (unpaired) electrons. The lowest BCUT2D eigenvalue weighted by molar-refractivity contribution is -0.137. The first-order valence-electron chi connectivity index (χ1n) is 8.82. The zero-order valence-electron chi connectivity index (χ0n) is 14.7. The molecule has 1 aliphatic heterocycles. The van der Waals surface area contributed by atoms with E-state index in [0.717, 1.165) is 38.1 Å². The second-order valence-electron chi connectivity index (χ2n) is 6.31. The Morgan fingerprint density at radius 1 is 1.16 bits per heavy atom. The van der Waals surface area contributed by atoms with Gasteiger partial charge in [0.05, 0.1) is 5.56 Å². The Morgan fingerprint density at radius 3 is 2.60 bits per heavy atom. The number of aliphatic imine (C=N–C) groups is 1. The number of alkyl halides is 3. The second-order valence-corrected chi connectivity index (χ2v) is 6.31. The van der Waals surface area contributed by atoms with E-state index in [1.165, 1.54) is 32.0 Å². The van der Waals surface area contributed by atoms with Gasteiger partial charge < -0.3 is 15.5 Å². The molecule has 1 aromatic carbocycles. The summed E-state index contributed by atoms with van der Waals surface area (Å²) >= 11 is 0. The summed E-state index contributed by atoms with van der Waals surface area (Å²) in [5.41, 5.74) is -0.0523. The van der Waals surface area contributed by atoms with Gasteiger partial charge in [0.25, 0.3) is 0 Å². The summed E-state index contributed by atoms with van der Waals surface area (Å²) in [7, 11) is 1.66. The van der Waals surface area contributed by atoms with E-state index in [1.807, 2.05) is 0 Å². The monoisotopic (exact) mass is 356 g/mol. The Labute approximate surface area is 147 Å². The fraction of sp³-hybridized carbons (Fsp3) is 0.611. The summed E-state index contributed by atoms with van der Waals surface area (Å²) in [4.78, 5) is 6.60. The van der Waals surface area contributed by atoms with Crippen molar-refractivity contribution in [2.75, 3.05) is 33.2 Å². The van der Waals surface area contributed by atoms with Crippen LogP contribution in [-0.4, -0.2) is 44.1 Å². The van der Waals surface area contributed by atoms with Crippen molar-refractivity contribution in [1.82, 2.24) is 15.5 Å². The van der Waals surface area contributed by atoms with Crippen molar-refractivity contribution in [3.63, 3.8) is 0 Å². The van der Waals surface area contributed by atoms with Gasteiger partial charge in [-0.05, 0) is 63.0 Å². The number of likely N-dealkylation sites (tertiary alicyclic amines) is 1. The lowest BCUT2D eigenvalue weighted by atomic mass is 10.1. The average molecular weight is 356 g/mol. The molecule has 1 saturated heterocycles. The van der Waals surface area contributed by atoms with Crippen LogP contribution in [0.2, 0.25) is 0 Å². The van der Waals surface area contributed by atoms with Gasteiger partial charge in [0.15, 0.2) is 5.96 Å². The highest BCUT2D eigenvalue weighted by molar-refractivity contribution is 5.79. The van der Waals surface area contributed by atoms with Crippen LogP contribution < -0.4 is 10.6 Å². The number of hydrogen-bond donors (Lipinski definition) is 2. The molecular formula is C18H27F3N4. The molecule has 4 nitrogen and oxygen atoms in total. The van der Waals surface area contributed by atoms with E-state index in [1.54, 1.807) is 13.1 Å². The third kappa shape index (κ3) is 6.94. The number of unbranched alkanes of at least 4 members (excludes halogenated alkanes) is 1. The highest BCUT2D eigenvalue weighted by Gasteiger charge is 2.30. The summed E-state index contributed by atoms with van der Waals surface area (Å²) in [6.07, 6.45) is 0.484. The standard InChI is InChI=1S/C18H27F3N4/c1-22-17(23-9-2-3-10-25-11-4-5-12-25)24-14-15-7-6-8-16(13-15)18(19,20)21/h6-8,13H,2-5,9-12,14H2,1H3,(H2,22,23,24). The molecule has 7 heteroatoms. The summed E-state index contributed by atoms with van der Waals surface area (Å²) < 4.78 is 38.2. The molecule has 0 spiro atoms. The van der Waals surface area contributed by atoms with Crippen LogP contribution in [0.3, 0.4) is 0 Å². The van der Waals surface area contributed by atoms with Gasteiger partial charge in [-0.15, -0.1) is 0 Å². The highest BCUT2D eigenvalue weighted by atomic mass is 19.4. The molecule has 0 amide bonds. The molecule has 2 rings (SSSR count). The highest BCUT2D eigenvalue weighted by Crippen LogP contribution is 2.29. The van der Waals surface area contributed by atoms with E-state index >= 15 is 0 Å². The van der Waals surface area contributed by atoms with Crippen LogP contribution in [0.25, 0.3) is 0 Å². The Kier molecular flexibility index (Phi) is 7.55. The summed E-state index contributed by atoms with van der Waals surface area (Å²) in [5.74, 6) is 0.610. The SMILES string of the molecule is CN=C(NCCCCN1CCCC1)NCc1cccc(C(F)(F)F)c1. The average Bonchev–Trinajstić information content (AvgIpc) is 3.10. The Hall–Kier alpha value is -1.76. The fourth-order valence-electron chi connectivity index (χ4n) is 2.94. The van der Waals surface area contributed by atoms with Crippen molar-refractivity contribution < 1.29 is 13.2 Å². The zero-order chi connectivity index (χ0) is 18.1. The topological polar surface area (TPSA) is 39.7 Å². The maximum Gasteiger partial charge on any atom is 0.416 e. The van der Waals surface area contributed by atoms with Gasteiger partial charge in [-0.25, -0.2) is 0 Å². The predicted octanol–water partition coefficient (Wildman–Crippen LogP) is 3.25. The van der Waals surface area contributed by atoms with Crippen molar-refractivity contribution in [2.45, 2.75) is 38.4 Å². The van der Waals surface area contributed by atoms with Crippen LogP contribution in [0.5, 0.6) is 0 Å². The van der Waals surface area contributed by atoms with Gasteiger partial charge in [-0.2, -0.15) is 13.2 Å². The lowest BCUT2D eigenvalue weighted by Gasteiger charge is -2.15. The van der Waals surface area contributed by atoms with E-state index in [-0.39, 0.29) is 0 Å². The maximum absolute atomic E-state index is 12.7. The Morgan fingerprint density at radius 2 is 1.92 bits per heavy atom. The van der Waals surface area contributed by atoms with Crippen LogP contribution in [0.4, 0.5) is 13.2 Å². The number of guanidine groups is 1. The summed E-state index contributed by atoms with van der Waals surface area (Å²) in [6, 6.07) is 5.34. The zero-order valence-corrected chi connectivity index (χ0v) is 14.7. The van der Waals surface area contributed by atoms with Gasteiger partial charge in [0, 0.05) is 20.1 Å². The summed E-state index contributed by atoms with van der Waals surface area (Å²) in [5, 5.41) is 6.27. The minimum absolute atomic E-state index is 0.303. The molecule has 25 heavy (non-hydrogen) atoms. The van der Waals surface area contributed by atoms with Gasteiger partial charge >= 0.3 is 6.18 Å². The smallest absolute Gasteiger partial charge is 0.356 e. The molecule has 140 valence electrons. The van der Waals surface area contributed by atoms with Crippen LogP contribution in [0.15, 0.2) is 29.3 Å². The first-order chi connectivity index (χ1) is 12.0. The van der Waals surface area contributed by atoms with Crippen molar-refractivity contribution in [3.05, 3.63) is 35.4 Å². The minimum atomic E-state index is -4.31. The fourth-order valence-corrected chi connectivity index (χ4v) is 2.94. The first-order valence-corrected chi connectivity index (χ1v) is 8.82. The molecule has 0 bridgehead atoms. The molecule has 0 aliphatic carbocycles. The Balaban J connectivity index is 1.67. The maximum atomic E-state index is 12.7. The Bertz CT molecular complexity index is 551. The normalized spacial score (nSPS) is 16.2. The van der Waals surface area contributed by atoms with Crippen LogP contribution >= 0.6 is 0 Å². The van der Waals surface area contributed by atoms with E-state index < -0.39 is 11.7 Å². The molecule has 2 N–H and O–H groups in total. The van der Waals surface area contributed by atoms with Gasteiger partial charge in [0.2, 0.25) is 0 Å². The second kappa shape index (κ2) is 9.65. The molecule has 1 aromatic rings. The van der Waals surface area contributed by atoms with E-state index in [0.29, 0.717) is 18.1 Å². The molecule has 1 fully saturated rings. The lowest BCUT2D eigenvalue weighted by Crippen LogP contribution is -2.37. The molecular weight excluding hydrogens is 329 g/mol. The van der Waals surface area contributed by atoms with Crippen LogP contribution in [0.1, 0.15) is 36.8 Å². The molecule has 1 heterocycles. The van der Waals surface area contributed by atoms with Crippen molar-refractivity contribution >= 4 is 5.96 Å². The summed E-state index contributed by atoms with van der Waals surface area (Å²) in [6.45, 7) is 4.67. The molecule has 1 aliphatic rings. The van der Waals surface area contributed by atoms with Crippen molar-refractivity contribution in [1.29, 1.82) is 0 Å². The third-order valence-corrected chi connectivity index (χ3v) is 4.33. The predicted molar refractivity (Wildman–Crippen MR) is 94.6 cm³/mol. The van der Waals surface area contributed by atoms with E-state index in [9.17, 15) is 13.2 Å². The van der Waals surface area contributed by atoms with E-state index in [2.05, 4.69) is 20.5 Å². The number of nitrogens with zero attached hydrogens (tertiary/aromatic N) is 2. The van der Waals surface area contributed by atoms with Crippen LogP contribution in [0, 0.1) is 0 Å². The molecule has 0 atom stereocenters. The van der Waals surface area contributed by atoms with Crippen molar-refractivity contribution in [3.8, 4) is 0 Å². The van der Waals surface area contributed by atoms with Gasteiger partial charge in [-0.1, -0.05) is 12.1 Å². The third-order valence-electron chi connectivity index (χ3n) is 4.33.